The van der Waals surface area contributed by atoms with Crippen LogP contribution in [0.25, 0.3) is 0 Å². The SMILES string of the molecule is CN1CCC[C@H]1COc1ccc(Br)nc1. The normalized spacial score (nSPS) is 21.9. The molecular formula is C11H15BrN2O. The Kier molecular flexibility index (Phi) is 3.59. The molecule has 4 heteroatoms. The van der Waals surface area contributed by atoms with Crippen LogP contribution in [-0.4, -0.2) is 36.1 Å². The van der Waals surface area contributed by atoms with E-state index in [-0.39, 0.29) is 0 Å². The highest BCUT2D eigenvalue weighted by atomic mass is 79.9. The van der Waals surface area contributed by atoms with Gasteiger partial charge in [0, 0.05) is 6.04 Å². The molecule has 2 heterocycles. The summed E-state index contributed by atoms with van der Waals surface area (Å²) in [5.41, 5.74) is 0. The van der Waals surface area contributed by atoms with Gasteiger partial charge in [-0.25, -0.2) is 4.98 Å². The fourth-order valence-corrected chi connectivity index (χ4v) is 2.06. The predicted molar refractivity (Wildman–Crippen MR) is 63.1 cm³/mol. The Bertz CT molecular complexity index is 315. The summed E-state index contributed by atoms with van der Waals surface area (Å²) in [7, 11) is 2.15. The summed E-state index contributed by atoms with van der Waals surface area (Å²) in [6.45, 7) is 1.95. The van der Waals surface area contributed by atoms with Gasteiger partial charge < -0.3 is 9.64 Å². The zero-order valence-electron chi connectivity index (χ0n) is 8.82. The van der Waals surface area contributed by atoms with E-state index >= 15 is 0 Å². The van der Waals surface area contributed by atoms with Crippen molar-refractivity contribution in [2.45, 2.75) is 18.9 Å². The number of likely N-dealkylation sites (tertiary alicyclic amines) is 1. The minimum Gasteiger partial charge on any atom is -0.490 e. The monoisotopic (exact) mass is 270 g/mol. The molecule has 2 rings (SSSR count). The molecule has 1 atom stereocenters. The fraction of sp³-hybridized carbons (Fsp3) is 0.545. The van der Waals surface area contributed by atoms with Crippen LogP contribution in [0.1, 0.15) is 12.8 Å². The summed E-state index contributed by atoms with van der Waals surface area (Å²) in [5.74, 6) is 0.846. The maximum atomic E-state index is 5.69. The molecule has 0 amide bonds. The quantitative estimate of drug-likeness (QED) is 0.789. The van der Waals surface area contributed by atoms with Crippen molar-refractivity contribution in [3.05, 3.63) is 22.9 Å². The van der Waals surface area contributed by atoms with Gasteiger partial charge in [-0.05, 0) is 54.5 Å². The fourth-order valence-electron chi connectivity index (χ4n) is 1.83. The van der Waals surface area contributed by atoms with Gasteiger partial charge in [0.25, 0.3) is 0 Å². The van der Waals surface area contributed by atoms with Crippen LogP contribution in [0.2, 0.25) is 0 Å². The highest BCUT2D eigenvalue weighted by Gasteiger charge is 2.21. The summed E-state index contributed by atoms with van der Waals surface area (Å²) in [4.78, 5) is 6.47. The van der Waals surface area contributed by atoms with Gasteiger partial charge >= 0.3 is 0 Å². The Morgan fingerprint density at radius 1 is 1.60 bits per heavy atom. The van der Waals surface area contributed by atoms with Crippen molar-refractivity contribution in [3.8, 4) is 5.75 Å². The Morgan fingerprint density at radius 2 is 2.47 bits per heavy atom. The Hall–Kier alpha value is -0.610. The summed E-state index contributed by atoms with van der Waals surface area (Å²) in [6.07, 6.45) is 4.27. The topological polar surface area (TPSA) is 25.4 Å². The number of aromatic nitrogens is 1. The van der Waals surface area contributed by atoms with Gasteiger partial charge in [0.1, 0.15) is 17.0 Å². The molecule has 0 aromatic carbocycles. The lowest BCUT2D eigenvalue weighted by Crippen LogP contribution is -2.30. The van der Waals surface area contributed by atoms with E-state index in [0.29, 0.717) is 6.04 Å². The van der Waals surface area contributed by atoms with Crippen molar-refractivity contribution in [2.24, 2.45) is 0 Å². The molecule has 1 saturated heterocycles. The second kappa shape index (κ2) is 4.94. The summed E-state index contributed by atoms with van der Waals surface area (Å²) >= 11 is 3.30. The Labute approximate surface area is 98.6 Å². The average Bonchev–Trinajstić information content (AvgIpc) is 2.63. The largest absolute Gasteiger partial charge is 0.490 e. The van der Waals surface area contributed by atoms with E-state index in [1.165, 1.54) is 19.4 Å². The third-order valence-electron chi connectivity index (χ3n) is 2.81. The molecule has 0 aliphatic carbocycles. The first-order chi connectivity index (χ1) is 7.25. The molecule has 0 saturated carbocycles. The first kappa shape index (κ1) is 10.9. The molecule has 1 aliphatic rings. The number of halogens is 1. The third kappa shape index (κ3) is 2.92. The zero-order chi connectivity index (χ0) is 10.7. The van der Waals surface area contributed by atoms with Crippen molar-refractivity contribution < 1.29 is 4.74 Å². The minimum atomic E-state index is 0.564. The number of hydrogen-bond donors (Lipinski definition) is 0. The number of pyridine rings is 1. The number of hydrogen-bond acceptors (Lipinski definition) is 3. The van der Waals surface area contributed by atoms with E-state index in [2.05, 4.69) is 32.9 Å². The van der Waals surface area contributed by atoms with Crippen molar-refractivity contribution in [3.63, 3.8) is 0 Å². The second-order valence-corrected chi connectivity index (χ2v) is 4.72. The molecule has 1 fully saturated rings. The van der Waals surface area contributed by atoms with E-state index in [4.69, 9.17) is 4.74 Å². The number of nitrogens with zero attached hydrogens (tertiary/aromatic N) is 2. The number of likely N-dealkylation sites (N-methyl/N-ethyl adjacent to an activating group) is 1. The van der Waals surface area contributed by atoms with Gasteiger partial charge in [-0.15, -0.1) is 0 Å². The standard InChI is InChI=1S/C11H15BrN2O/c1-14-6-2-3-9(14)8-15-10-4-5-11(12)13-7-10/h4-5,7,9H,2-3,6,8H2,1H3/t9-/m0/s1. The van der Waals surface area contributed by atoms with Crippen LogP contribution in [0.3, 0.4) is 0 Å². The smallest absolute Gasteiger partial charge is 0.137 e. The van der Waals surface area contributed by atoms with Crippen LogP contribution in [-0.2, 0) is 0 Å². The predicted octanol–water partition coefficient (Wildman–Crippen LogP) is 2.32. The summed E-state index contributed by atoms with van der Waals surface area (Å²) < 4.78 is 6.53. The van der Waals surface area contributed by atoms with Crippen molar-refractivity contribution >= 4 is 15.9 Å². The molecule has 0 unspecified atom stereocenters. The van der Waals surface area contributed by atoms with E-state index in [1.807, 2.05) is 12.1 Å². The molecule has 0 N–H and O–H groups in total. The van der Waals surface area contributed by atoms with Gasteiger partial charge in [-0.2, -0.15) is 0 Å². The van der Waals surface area contributed by atoms with Crippen LogP contribution in [0.4, 0.5) is 0 Å². The Balaban J connectivity index is 1.85. The Morgan fingerprint density at radius 3 is 3.07 bits per heavy atom. The highest BCUT2D eigenvalue weighted by Crippen LogP contribution is 2.17. The van der Waals surface area contributed by atoms with Gasteiger partial charge in [-0.3, -0.25) is 0 Å². The van der Waals surface area contributed by atoms with Gasteiger partial charge in [-0.1, -0.05) is 0 Å². The zero-order valence-corrected chi connectivity index (χ0v) is 10.4. The number of ether oxygens (including phenoxy) is 1. The molecule has 3 nitrogen and oxygen atoms in total. The molecule has 1 aromatic heterocycles. The second-order valence-electron chi connectivity index (χ2n) is 3.90. The lowest BCUT2D eigenvalue weighted by atomic mass is 10.2. The van der Waals surface area contributed by atoms with E-state index in [0.717, 1.165) is 17.0 Å². The molecule has 15 heavy (non-hydrogen) atoms. The molecule has 1 aromatic rings. The van der Waals surface area contributed by atoms with E-state index < -0.39 is 0 Å². The minimum absolute atomic E-state index is 0.564. The summed E-state index contributed by atoms with van der Waals surface area (Å²) in [6, 6.07) is 4.40. The molecular weight excluding hydrogens is 256 g/mol. The summed E-state index contributed by atoms with van der Waals surface area (Å²) in [5, 5.41) is 0. The average molecular weight is 271 g/mol. The van der Waals surface area contributed by atoms with Crippen LogP contribution >= 0.6 is 15.9 Å². The van der Waals surface area contributed by atoms with Gasteiger partial charge in [0.15, 0.2) is 0 Å². The third-order valence-corrected chi connectivity index (χ3v) is 3.28. The van der Waals surface area contributed by atoms with Crippen LogP contribution in [0.5, 0.6) is 5.75 Å². The first-order valence-corrected chi connectivity index (χ1v) is 5.99. The first-order valence-electron chi connectivity index (χ1n) is 5.20. The molecule has 0 bridgehead atoms. The van der Waals surface area contributed by atoms with Crippen molar-refractivity contribution in [2.75, 3.05) is 20.2 Å². The van der Waals surface area contributed by atoms with Crippen LogP contribution in [0, 0.1) is 0 Å². The van der Waals surface area contributed by atoms with Crippen molar-refractivity contribution in [1.82, 2.24) is 9.88 Å². The molecule has 0 spiro atoms. The van der Waals surface area contributed by atoms with E-state index in [1.54, 1.807) is 6.20 Å². The maximum Gasteiger partial charge on any atom is 0.137 e. The lowest BCUT2D eigenvalue weighted by Gasteiger charge is -2.19. The highest BCUT2D eigenvalue weighted by molar-refractivity contribution is 9.10. The van der Waals surface area contributed by atoms with Crippen LogP contribution < -0.4 is 4.74 Å². The van der Waals surface area contributed by atoms with Crippen molar-refractivity contribution in [1.29, 1.82) is 0 Å². The number of rotatable bonds is 3. The lowest BCUT2D eigenvalue weighted by molar-refractivity contribution is 0.198. The molecule has 0 radical (unpaired) electrons. The molecule has 82 valence electrons. The maximum absolute atomic E-state index is 5.69. The van der Waals surface area contributed by atoms with Gasteiger partial charge in [0.05, 0.1) is 6.20 Å². The van der Waals surface area contributed by atoms with E-state index in [9.17, 15) is 0 Å². The van der Waals surface area contributed by atoms with Crippen LogP contribution in [0.15, 0.2) is 22.9 Å². The molecule has 1 aliphatic heterocycles. The van der Waals surface area contributed by atoms with Gasteiger partial charge in [0.2, 0.25) is 0 Å².